The predicted octanol–water partition coefficient (Wildman–Crippen LogP) is 2.83. The topological polar surface area (TPSA) is 21.3 Å². The van der Waals surface area contributed by atoms with E-state index < -0.39 is 0 Å². The third-order valence-corrected chi connectivity index (χ3v) is 2.00. The molecule has 1 aromatic rings. The van der Waals surface area contributed by atoms with Crippen LogP contribution in [0.25, 0.3) is 0 Å². The van der Waals surface area contributed by atoms with Crippen LogP contribution in [-0.2, 0) is 6.54 Å². The van der Waals surface area contributed by atoms with Crippen molar-refractivity contribution in [2.75, 3.05) is 13.7 Å². The van der Waals surface area contributed by atoms with Crippen LogP contribution in [0, 0.1) is 5.82 Å². The number of halogens is 2. The maximum atomic E-state index is 13.0. The van der Waals surface area contributed by atoms with E-state index in [2.05, 4.69) is 27.8 Å². The standard InChI is InChI=1S/C11H13BrFNO/c1-8(12)7-15-11-4-3-10(13)5-9(11)6-14-2/h3-5,14H,1,6-7H2,2H3. The first-order chi connectivity index (χ1) is 7.13. The minimum Gasteiger partial charge on any atom is -0.488 e. The van der Waals surface area contributed by atoms with Crippen LogP contribution in [0.4, 0.5) is 4.39 Å². The van der Waals surface area contributed by atoms with E-state index in [0.717, 1.165) is 10.0 Å². The van der Waals surface area contributed by atoms with Gasteiger partial charge in [-0.1, -0.05) is 22.5 Å². The van der Waals surface area contributed by atoms with Crippen LogP contribution < -0.4 is 10.1 Å². The van der Waals surface area contributed by atoms with Gasteiger partial charge in [-0.2, -0.15) is 0 Å². The molecule has 0 bridgehead atoms. The van der Waals surface area contributed by atoms with Gasteiger partial charge in [-0.25, -0.2) is 4.39 Å². The molecule has 0 aliphatic rings. The second-order valence-corrected chi connectivity index (χ2v) is 4.21. The Balaban J connectivity index is 2.80. The van der Waals surface area contributed by atoms with Gasteiger partial charge in [0.1, 0.15) is 18.2 Å². The van der Waals surface area contributed by atoms with E-state index in [1.54, 1.807) is 13.1 Å². The zero-order chi connectivity index (χ0) is 11.3. The fraction of sp³-hybridized carbons (Fsp3) is 0.273. The summed E-state index contributed by atoms with van der Waals surface area (Å²) in [6.07, 6.45) is 0. The summed E-state index contributed by atoms with van der Waals surface area (Å²) in [4.78, 5) is 0. The fourth-order valence-electron chi connectivity index (χ4n) is 1.17. The Morgan fingerprint density at radius 1 is 1.60 bits per heavy atom. The average molecular weight is 274 g/mol. The van der Waals surface area contributed by atoms with Gasteiger partial charge < -0.3 is 10.1 Å². The molecule has 0 heterocycles. The van der Waals surface area contributed by atoms with Gasteiger partial charge in [-0.05, 0) is 25.2 Å². The highest BCUT2D eigenvalue weighted by Crippen LogP contribution is 2.20. The van der Waals surface area contributed by atoms with E-state index in [1.165, 1.54) is 12.1 Å². The molecular weight excluding hydrogens is 261 g/mol. The van der Waals surface area contributed by atoms with Crippen molar-refractivity contribution >= 4 is 15.9 Å². The summed E-state index contributed by atoms with van der Waals surface area (Å²) in [6, 6.07) is 4.46. The van der Waals surface area contributed by atoms with E-state index in [-0.39, 0.29) is 5.82 Å². The molecule has 0 aromatic heterocycles. The van der Waals surface area contributed by atoms with Gasteiger partial charge >= 0.3 is 0 Å². The molecular formula is C11H13BrFNO. The number of hydrogen-bond acceptors (Lipinski definition) is 2. The number of ether oxygens (including phenoxy) is 1. The van der Waals surface area contributed by atoms with Crippen molar-refractivity contribution in [3.05, 3.63) is 40.6 Å². The van der Waals surface area contributed by atoms with Crippen LogP contribution in [-0.4, -0.2) is 13.7 Å². The Morgan fingerprint density at radius 2 is 2.33 bits per heavy atom. The minimum absolute atomic E-state index is 0.259. The Morgan fingerprint density at radius 3 is 2.93 bits per heavy atom. The van der Waals surface area contributed by atoms with Crippen molar-refractivity contribution < 1.29 is 9.13 Å². The molecule has 0 saturated heterocycles. The molecule has 82 valence electrons. The van der Waals surface area contributed by atoms with Crippen molar-refractivity contribution in [2.24, 2.45) is 0 Å². The first-order valence-electron chi connectivity index (χ1n) is 4.52. The fourth-order valence-corrected chi connectivity index (χ4v) is 1.29. The van der Waals surface area contributed by atoms with Crippen LogP contribution in [0.1, 0.15) is 5.56 Å². The van der Waals surface area contributed by atoms with Gasteiger partial charge in [0, 0.05) is 16.6 Å². The highest BCUT2D eigenvalue weighted by Gasteiger charge is 2.04. The zero-order valence-electron chi connectivity index (χ0n) is 8.52. The predicted molar refractivity (Wildman–Crippen MR) is 62.7 cm³/mol. The highest BCUT2D eigenvalue weighted by atomic mass is 79.9. The summed E-state index contributed by atoms with van der Waals surface area (Å²) < 4.78 is 19.2. The second-order valence-electron chi connectivity index (χ2n) is 3.09. The van der Waals surface area contributed by atoms with Crippen LogP contribution in [0.2, 0.25) is 0 Å². The molecule has 0 fully saturated rings. The van der Waals surface area contributed by atoms with Crippen LogP contribution in [0.15, 0.2) is 29.3 Å². The largest absolute Gasteiger partial charge is 0.488 e. The summed E-state index contributed by atoms with van der Waals surface area (Å²) in [7, 11) is 1.80. The van der Waals surface area contributed by atoms with Gasteiger partial charge in [0.15, 0.2) is 0 Å². The molecule has 0 aliphatic carbocycles. The van der Waals surface area contributed by atoms with Crippen molar-refractivity contribution in [3.8, 4) is 5.75 Å². The van der Waals surface area contributed by atoms with Gasteiger partial charge in [0.25, 0.3) is 0 Å². The Kier molecular flexibility index (Phi) is 4.78. The van der Waals surface area contributed by atoms with Crippen LogP contribution in [0.3, 0.4) is 0 Å². The summed E-state index contributed by atoms with van der Waals surface area (Å²) >= 11 is 3.20. The second kappa shape index (κ2) is 5.88. The SMILES string of the molecule is C=C(Br)COc1ccc(F)cc1CNC. The first-order valence-corrected chi connectivity index (χ1v) is 5.32. The molecule has 0 atom stereocenters. The van der Waals surface area contributed by atoms with Gasteiger partial charge in [-0.3, -0.25) is 0 Å². The molecule has 15 heavy (non-hydrogen) atoms. The van der Waals surface area contributed by atoms with Crippen molar-refractivity contribution in [3.63, 3.8) is 0 Å². The zero-order valence-corrected chi connectivity index (χ0v) is 10.1. The van der Waals surface area contributed by atoms with E-state index in [9.17, 15) is 4.39 Å². The van der Waals surface area contributed by atoms with E-state index in [1.807, 2.05) is 0 Å². The summed E-state index contributed by atoms with van der Waals surface area (Å²) in [5.74, 6) is 0.414. The Hall–Kier alpha value is -0.870. The maximum absolute atomic E-state index is 13.0. The molecule has 1 N–H and O–H groups in total. The number of hydrogen-bond donors (Lipinski definition) is 1. The molecule has 0 unspecified atom stereocenters. The molecule has 0 radical (unpaired) electrons. The Labute approximate surface area is 97.3 Å². The van der Waals surface area contributed by atoms with Gasteiger partial charge in [0.05, 0.1) is 0 Å². The maximum Gasteiger partial charge on any atom is 0.124 e. The lowest BCUT2D eigenvalue weighted by atomic mass is 10.2. The van der Waals surface area contributed by atoms with Crippen LogP contribution >= 0.6 is 15.9 Å². The summed E-state index contributed by atoms with van der Waals surface area (Å²) in [5, 5.41) is 2.96. The van der Waals surface area contributed by atoms with E-state index >= 15 is 0 Å². The third kappa shape index (κ3) is 4.01. The normalized spacial score (nSPS) is 10.1. The van der Waals surface area contributed by atoms with E-state index in [0.29, 0.717) is 18.9 Å². The van der Waals surface area contributed by atoms with Crippen LogP contribution in [0.5, 0.6) is 5.75 Å². The smallest absolute Gasteiger partial charge is 0.124 e. The third-order valence-electron chi connectivity index (χ3n) is 1.77. The van der Waals surface area contributed by atoms with E-state index in [4.69, 9.17) is 4.74 Å². The molecule has 0 aliphatic heterocycles. The summed E-state index contributed by atoms with van der Waals surface area (Å²) in [5.41, 5.74) is 0.797. The van der Waals surface area contributed by atoms with Crippen molar-refractivity contribution in [2.45, 2.75) is 6.54 Å². The quantitative estimate of drug-likeness (QED) is 0.891. The van der Waals surface area contributed by atoms with Crippen molar-refractivity contribution in [1.82, 2.24) is 5.32 Å². The average Bonchev–Trinajstić information content (AvgIpc) is 2.17. The Bertz CT molecular complexity index is 354. The molecule has 1 aromatic carbocycles. The lowest BCUT2D eigenvalue weighted by Crippen LogP contribution is -2.08. The molecule has 4 heteroatoms. The van der Waals surface area contributed by atoms with Gasteiger partial charge in [-0.15, -0.1) is 0 Å². The summed E-state index contributed by atoms with van der Waals surface area (Å²) in [6.45, 7) is 4.61. The van der Waals surface area contributed by atoms with Crippen molar-refractivity contribution in [1.29, 1.82) is 0 Å². The molecule has 1 rings (SSSR count). The first kappa shape index (κ1) is 12.2. The highest BCUT2D eigenvalue weighted by molar-refractivity contribution is 9.11. The number of nitrogens with one attached hydrogen (secondary N) is 1. The molecule has 0 saturated carbocycles. The molecule has 0 spiro atoms. The number of benzene rings is 1. The minimum atomic E-state index is -0.259. The lowest BCUT2D eigenvalue weighted by Gasteiger charge is -2.10. The monoisotopic (exact) mass is 273 g/mol. The number of rotatable bonds is 5. The molecule has 0 amide bonds. The van der Waals surface area contributed by atoms with Gasteiger partial charge in [0.2, 0.25) is 0 Å². The molecule has 2 nitrogen and oxygen atoms in total. The lowest BCUT2D eigenvalue weighted by molar-refractivity contribution is 0.355.